The number of benzene rings is 2. The second kappa shape index (κ2) is 6.58. The molecule has 1 N–H and O–H groups in total. The largest absolute Gasteiger partial charge is 0.494 e. The molecule has 0 saturated carbocycles. The van der Waals surface area contributed by atoms with Crippen LogP contribution in [0, 0.1) is 5.82 Å². The molecule has 0 fully saturated rings. The van der Waals surface area contributed by atoms with Gasteiger partial charge in [-0.2, -0.15) is 0 Å². The molecule has 0 amide bonds. The van der Waals surface area contributed by atoms with Gasteiger partial charge in [-0.05, 0) is 43.3 Å². The van der Waals surface area contributed by atoms with Gasteiger partial charge < -0.3 is 9.84 Å². The number of hydrogen-bond donors (Lipinski definition) is 1. The van der Waals surface area contributed by atoms with E-state index in [2.05, 4.69) is 10.3 Å². The molecule has 5 nitrogen and oxygen atoms in total. The van der Waals surface area contributed by atoms with E-state index in [4.69, 9.17) is 4.74 Å². The third kappa shape index (κ3) is 2.93. The first-order valence-electron chi connectivity index (χ1n) is 7.28. The molecule has 0 aliphatic heterocycles. The van der Waals surface area contributed by atoms with Gasteiger partial charge in [-0.15, -0.1) is 5.10 Å². The summed E-state index contributed by atoms with van der Waals surface area (Å²) < 4.78 is 21.1. The Balaban J connectivity index is 2.10. The molecular formula is C17H16FN3O2. The average molecular weight is 313 g/mol. The van der Waals surface area contributed by atoms with Crippen molar-refractivity contribution >= 4 is 0 Å². The second-order valence-electron chi connectivity index (χ2n) is 4.86. The number of rotatable bonds is 5. The van der Waals surface area contributed by atoms with Crippen LogP contribution in [0.15, 0.2) is 48.5 Å². The summed E-state index contributed by atoms with van der Waals surface area (Å²) in [6, 6.07) is 13.6. The van der Waals surface area contributed by atoms with Gasteiger partial charge in [0.05, 0.1) is 18.9 Å². The number of aromatic nitrogens is 3. The van der Waals surface area contributed by atoms with Crippen LogP contribution in [-0.2, 0) is 6.61 Å². The quantitative estimate of drug-likeness (QED) is 0.787. The van der Waals surface area contributed by atoms with Crippen molar-refractivity contribution in [3.05, 3.63) is 60.0 Å². The Bertz CT molecular complexity index is 800. The van der Waals surface area contributed by atoms with E-state index in [0.717, 1.165) is 5.75 Å². The zero-order valence-electron chi connectivity index (χ0n) is 12.6. The summed E-state index contributed by atoms with van der Waals surface area (Å²) in [7, 11) is 0. The van der Waals surface area contributed by atoms with Gasteiger partial charge in [0.25, 0.3) is 0 Å². The molecule has 6 heteroatoms. The maximum absolute atomic E-state index is 14.2. The monoisotopic (exact) mass is 313 g/mol. The van der Waals surface area contributed by atoms with Gasteiger partial charge in [0.2, 0.25) is 0 Å². The minimum atomic E-state index is -0.392. The van der Waals surface area contributed by atoms with Crippen molar-refractivity contribution < 1.29 is 14.2 Å². The molecule has 0 bridgehead atoms. The topological polar surface area (TPSA) is 60.2 Å². The number of nitrogens with zero attached hydrogens (tertiary/aromatic N) is 3. The molecule has 3 aromatic rings. The van der Waals surface area contributed by atoms with Crippen LogP contribution in [0.2, 0.25) is 0 Å². The lowest BCUT2D eigenvalue weighted by Crippen LogP contribution is -2.02. The second-order valence-corrected chi connectivity index (χ2v) is 4.86. The van der Waals surface area contributed by atoms with Crippen LogP contribution in [0.3, 0.4) is 0 Å². The van der Waals surface area contributed by atoms with Crippen LogP contribution in [0.25, 0.3) is 16.9 Å². The van der Waals surface area contributed by atoms with Crippen LogP contribution < -0.4 is 4.74 Å². The van der Waals surface area contributed by atoms with Crippen molar-refractivity contribution in [2.24, 2.45) is 0 Å². The summed E-state index contributed by atoms with van der Waals surface area (Å²) in [5, 5.41) is 17.5. The molecule has 1 heterocycles. The Morgan fingerprint density at radius 3 is 2.52 bits per heavy atom. The molecule has 0 atom stereocenters. The van der Waals surface area contributed by atoms with Gasteiger partial charge in [-0.3, -0.25) is 0 Å². The molecule has 0 radical (unpaired) electrons. The lowest BCUT2D eigenvalue weighted by atomic mass is 10.1. The summed E-state index contributed by atoms with van der Waals surface area (Å²) in [5.41, 5.74) is 1.81. The van der Waals surface area contributed by atoms with E-state index in [-0.39, 0.29) is 6.61 Å². The van der Waals surface area contributed by atoms with Crippen LogP contribution >= 0.6 is 0 Å². The average Bonchev–Trinajstić information content (AvgIpc) is 3.00. The molecule has 0 unspecified atom stereocenters. The third-order valence-corrected chi connectivity index (χ3v) is 3.41. The maximum atomic E-state index is 14.2. The molecule has 0 saturated heterocycles. The van der Waals surface area contributed by atoms with Crippen LogP contribution in [0.5, 0.6) is 5.75 Å². The van der Waals surface area contributed by atoms with Crippen molar-refractivity contribution in [2.45, 2.75) is 13.5 Å². The third-order valence-electron chi connectivity index (χ3n) is 3.41. The Kier molecular flexibility index (Phi) is 4.34. The normalized spacial score (nSPS) is 10.7. The fourth-order valence-electron chi connectivity index (χ4n) is 2.37. The minimum absolute atomic E-state index is 0.319. The predicted octanol–water partition coefficient (Wildman–Crippen LogP) is 2.96. The molecule has 0 aliphatic carbocycles. The van der Waals surface area contributed by atoms with E-state index in [1.54, 1.807) is 18.2 Å². The van der Waals surface area contributed by atoms with Crippen LogP contribution in [-0.4, -0.2) is 26.7 Å². The first-order valence-corrected chi connectivity index (χ1v) is 7.28. The van der Waals surface area contributed by atoms with E-state index in [1.165, 1.54) is 10.7 Å². The number of ether oxygens (including phenoxy) is 1. The van der Waals surface area contributed by atoms with Crippen LogP contribution in [0.4, 0.5) is 4.39 Å². The van der Waals surface area contributed by atoms with E-state index in [1.807, 2.05) is 31.2 Å². The highest BCUT2D eigenvalue weighted by Gasteiger charge is 2.18. The first-order chi connectivity index (χ1) is 11.2. The van der Waals surface area contributed by atoms with Gasteiger partial charge in [-0.25, -0.2) is 9.07 Å². The van der Waals surface area contributed by atoms with Gasteiger partial charge in [0.15, 0.2) is 0 Å². The lowest BCUT2D eigenvalue weighted by Gasteiger charge is -2.09. The Labute approximate surface area is 133 Å². The highest BCUT2D eigenvalue weighted by Crippen LogP contribution is 2.28. The summed E-state index contributed by atoms with van der Waals surface area (Å²) in [6.45, 7) is 2.17. The summed E-state index contributed by atoms with van der Waals surface area (Å²) in [5.74, 6) is 0.350. The molecular weight excluding hydrogens is 297 g/mol. The molecule has 0 aliphatic rings. The predicted molar refractivity (Wildman–Crippen MR) is 83.8 cm³/mol. The molecule has 118 valence electrons. The SMILES string of the molecule is CCOc1ccc(-n2nnc(CO)c2-c2ccccc2F)cc1. The van der Waals surface area contributed by atoms with Gasteiger partial charge in [0.1, 0.15) is 23.0 Å². The molecule has 23 heavy (non-hydrogen) atoms. The first kappa shape index (κ1) is 15.2. The lowest BCUT2D eigenvalue weighted by molar-refractivity contribution is 0.277. The smallest absolute Gasteiger partial charge is 0.132 e. The summed E-state index contributed by atoms with van der Waals surface area (Å²) in [4.78, 5) is 0. The number of aliphatic hydroxyl groups excluding tert-OH is 1. The summed E-state index contributed by atoms with van der Waals surface area (Å²) in [6.07, 6.45) is 0. The zero-order valence-corrected chi connectivity index (χ0v) is 12.6. The fraction of sp³-hybridized carbons (Fsp3) is 0.176. The number of aliphatic hydroxyl groups is 1. The van der Waals surface area contributed by atoms with Gasteiger partial charge in [0, 0.05) is 5.56 Å². The molecule has 0 spiro atoms. The maximum Gasteiger partial charge on any atom is 0.132 e. The molecule has 3 rings (SSSR count). The Hall–Kier alpha value is -2.73. The summed E-state index contributed by atoms with van der Waals surface area (Å²) >= 11 is 0. The van der Waals surface area contributed by atoms with E-state index in [0.29, 0.717) is 29.2 Å². The standard InChI is InChI=1S/C17H16FN3O2/c1-2-23-13-9-7-12(8-10-13)21-17(16(11-22)19-20-21)14-5-3-4-6-15(14)18/h3-10,22H,2,11H2,1H3. The highest BCUT2D eigenvalue weighted by atomic mass is 19.1. The fourth-order valence-corrected chi connectivity index (χ4v) is 2.37. The van der Waals surface area contributed by atoms with Crippen molar-refractivity contribution in [3.63, 3.8) is 0 Å². The van der Waals surface area contributed by atoms with E-state index < -0.39 is 5.82 Å². The van der Waals surface area contributed by atoms with E-state index in [9.17, 15) is 9.50 Å². The van der Waals surface area contributed by atoms with Crippen LogP contribution in [0.1, 0.15) is 12.6 Å². The van der Waals surface area contributed by atoms with Crippen molar-refractivity contribution in [2.75, 3.05) is 6.61 Å². The zero-order chi connectivity index (χ0) is 16.2. The van der Waals surface area contributed by atoms with Gasteiger partial charge in [-0.1, -0.05) is 17.3 Å². The van der Waals surface area contributed by atoms with Crippen molar-refractivity contribution in [1.29, 1.82) is 0 Å². The number of halogens is 1. The van der Waals surface area contributed by atoms with E-state index >= 15 is 0 Å². The Morgan fingerprint density at radius 2 is 1.87 bits per heavy atom. The van der Waals surface area contributed by atoms with Crippen molar-refractivity contribution in [1.82, 2.24) is 15.0 Å². The minimum Gasteiger partial charge on any atom is -0.494 e. The van der Waals surface area contributed by atoms with Gasteiger partial charge >= 0.3 is 0 Å². The molecule has 2 aromatic carbocycles. The number of hydrogen-bond acceptors (Lipinski definition) is 4. The van der Waals surface area contributed by atoms with Crippen molar-refractivity contribution in [3.8, 4) is 22.7 Å². The molecule has 1 aromatic heterocycles. The Morgan fingerprint density at radius 1 is 1.13 bits per heavy atom. The highest BCUT2D eigenvalue weighted by molar-refractivity contribution is 5.65.